The van der Waals surface area contributed by atoms with Gasteiger partial charge >= 0.3 is 0 Å². The summed E-state index contributed by atoms with van der Waals surface area (Å²) >= 11 is 0. The first-order valence-electron chi connectivity index (χ1n) is 5.62. The number of hydrogen-bond acceptors (Lipinski definition) is 2. The van der Waals surface area contributed by atoms with E-state index >= 15 is 0 Å². The predicted molar refractivity (Wildman–Crippen MR) is 65.9 cm³/mol. The second-order valence-corrected chi connectivity index (χ2v) is 3.95. The number of carbonyl (C=O) groups is 1. The maximum absolute atomic E-state index is 12.9. The second-order valence-electron chi connectivity index (χ2n) is 3.95. The second kappa shape index (κ2) is 6.86. The van der Waals surface area contributed by atoms with Gasteiger partial charge in [0.05, 0.1) is 6.04 Å². The largest absolute Gasteiger partial charge is 0.354 e. The van der Waals surface area contributed by atoms with E-state index in [1.54, 1.807) is 6.08 Å². The lowest BCUT2D eigenvalue weighted by atomic mass is 10.1. The van der Waals surface area contributed by atoms with Crippen LogP contribution in [0.3, 0.4) is 0 Å². The highest BCUT2D eigenvalue weighted by Gasteiger charge is 2.10. The molecule has 98 valence electrons. The van der Waals surface area contributed by atoms with Crippen LogP contribution in [0.4, 0.5) is 8.78 Å². The summed E-state index contributed by atoms with van der Waals surface area (Å²) in [6.07, 6.45) is 2.30. The van der Waals surface area contributed by atoms with E-state index in [0.717, 1.165) is 6.07 Å². The molecule has 3 N–H and O–H groups in total. The van der Waals surface area contributed by atoms with Crippen LogP contribution < -0.4 is 11.1 Å². The molecule has 1 atom stereocenters. The highest BCUT2D eigenvalue weighted by molar-refractivity contribution is 5.81. The van der Waals surface area contributed by atoms with Gasteiger partial charge in [-0.3, -0.25) is 4.79 Å². The van der Waals surface area contributed by atoms with Gasteiger partial charge in [0.2, 0.25) is 5.91 Å². The highest BCUT2D eigenvalue weighted by Crippen LogP contribution is 2.08. The van der Waals surface area contributed by atoms with Crippen molar-refractivity contribution in [1.82, 2.24) is 5.32 Å². The average Bonchev–Trinajstić information content (AvgIpc) is 2.27. The number of nitrogens with one attached hydrogen (secondary N) is 1. The first-order chi connectivity index (χ1) is 8.52. The maximum atomic E-state index is 12.9. The zero-order valence-electron chi connectivity index (χ0n) is 9.96. The summed E-state index contributed by atoms with van der Waals surface area (Å²) in [6, 6.07) is 2.65. The Balaban J connectivity index is 2.41. The third-order valence-corrected chi connectivity index (χ3v) is 2.39. The summed E-state index contributed by atoms with van der Waals surface area (Å²) in [6.45, 7) is 3.77. The molecule has 1 aromatic carbocycles. The summed E-state index contributed by atoms with van der Waals surface area (Å²) in [5, 5.41) is 2.60. The number of nitrogens with two attached hydrogens (primary N) is 1. The average molecular weight is 254 g/mol. The van der Waals surface area contributed by atoms with Crippen molar-refractivity contribution >= 4 is 5.91 Å². The number of rotatable bonds is 6. The van der Waals surface area contributed by atoms with Crippen LogP contribution in [0.15, 0.2) is 30.9 Å². The van der Waals surface area contributed by atoms with Gasteiger partial charge in [-0.1, -0.05) is 6.08 Å². The summed E-state index contributed by atoms with van der Waals surface area (Å²) in [5.74, 6) is -1.55. The summed E-state index contributed by atoms with van der Waals surface area (Å²) in [5.41, 5.74) is 6.04. The summed E-state index contributed by atoms with van der Waals surface area (Å²) < 4.78 is 25.8. The van der Waals surface area contributed by atoms with Crippen molar-refractivity contribution in [3.63, 3.8) is 0 Å². The molecule has 5 heteroatoms. The number of hydrogen-bond donors (Lipinski definition) is 2. The molecule has 1 amide bonds. The van der Waals surface area contributed by atoms with Gasteiger partial charge in [-0.25, -0.2) is 8.78 Å². The molecule has 0 saturated heterocycles. The van der Waals surface area contributed by atoms with Crippen LogP contribution in [0.1, 0.15) is 12.0 Å². The van der Waals surface area contributed by atoms with Crippen LogP contribution in [0.2, 0.25) is 0 Å². The van der Waals surface area contributed by atoms with Crippen LogP contribution in [-0.2, 0) is 11.2 Å². The van der Waals surface area contributed by atoms with Crippen LogP contribution in [0.25, 0.3) is 0 Å². The van der Waals surface area contributed by atoms with Crippen molar-refractivity contribution in [1.29, 1.82) is 0 Å². The van der Waals surface area contributed by atoms with E-state index in [-0.39, 0.29) is 12.5 Å². The van der Waals surface area contributed by atoms with Crippen molar-refractivity contribution in [3.05, 3.63) is 48.1 Å². The zero-order chi connectivity index (χ0) is 13.5. The molecular formula is C13H16F2N2O. The van der Waals surface area contributed by atoms with Gasteiger partial charge in [0.25, 0.3) is 0 Å². The third kappa shape index (κ3) is 4.63. The normalized spacial score (nSPS) is 11.9. The zero-order valence-corrected chi connectivity index (χ0v) is 9.96. The molecule has 18 heavy (non-hydrogen) atoms. The fourth-order valence-electron chi connectivity index (χ4n) is 1.50. The molecule has 0 aromatic heterocycles. The van der Waals surface area contributed by atoms with Crippen molar-refractivity contribution < 1.29 is 13.6 Å². The van der Waals surface area contributed by atoms with E-state index in [1.807, 2.05) is 0 Å². The van der Waals surface area contributed by atoms with Crippen molar-refractivity contribution in [2.45, 2.75) is 18.9 Å². The SMILES string of the molecule is C=CCC(N)C(=O)NCCc1cc(F)cc(F)c1. The smallest absolute Gasteiger partial charge is 0.237 e. The highest BCUT2D eigenvalue weighted by atomic mass is 19.1. The fraction of sp³-hybridized carbons (Fsp3) is 0.308. The van der Waals surface area contributed by atoms with Gasteiger partial charge in [0, 0.05) is 12.6 Å². The quantitative estimate of drug-likeness (QED) is 0.756. The van der Waals surface area contributed by atoms with E-state index in [4.69, 9.17) is 5.73 Å². The van der Waals surface area contributed by atoms with Crippen LogP contribution in [0, 0.1) is 11.6 Å². The summed E-state index contributed by atoms with van der Waals surface area (Å²) in [7, 11) is 0. The Bertz CT molecular complexity index is 415. The van der Waals surface area contributed by atoms with Crippen LogP contribution in [-0.4, -0.2) is 18.5 Å². The predicted octanol–water partition coefficient (Wildman–Crippen LogP) is 1.53. The number of benzene rings is 1. The lowest BCUT2D eigenvalue weighted by Gasteiger charge is -2.10. The minimum atomic E-state index is -0.633. The Hall–Kier alpha value is -1.75. The minimum Gasteiger partial charge on any atom is -0.354 e. The molecule has 0 aliphatic heterocycles. The topological polar surface area (TPSA) is 55.1 Å². The molecule has 3 nitrogen and oxygen atoms in total. The van der Waals surface area contributed by atoms with E-state index in [2.05, 4.69) is 11.9 Å². The van der Waals surface area contributed by atoms with E-state index in [1.165, 1.54) is 12.1 Å². The molecular weight excluding hydrogens is 238 g/mol. The first-order valence-corrected chi connectivity index (χ1v) is 5.62. The van der Waals surface area contributed by atoms with Crippen molar-refractivity contribution in [2.75, 3.05) is 6.54 Å². The van der Waals surface area contributed by atoms with Gasteiger partial charge in [0.1, 0.15) is 11.6 Å². The molecule has 1 unspecified atom stereocenters. The first kappa shape index (κ1) is 14.3. The molecule has 0 aliphatic rings. The fourth-order valence-corrected chi connectivity index (χ4v) is 1.50. The Labute approximate surface area is 105 Å². The van der Waals surface area contributed by atoms with Crippen molar-refractivity contribution in [3.8, 4) is 0 Å². The van der Waals surface area contributed by atoms with Crippen molar-refractivity contribution in [2.24, 2.45) is 5.73 Å². The molecule has 0 spiro atoms. The monoisotopic (exact) mass is 254 g/mol. The minimum absolute atomic E-state index is 0.284. The molecule has 0 bridgehead atoms. The maximum Gasteiger partial charge on any atom is 0.237 e. The lowest BCUT2D eigenvalue weighted by Crippen LogP contribution is -2.40. The molecule has 0 saturated carbocycles. The van der Waals surface area contributed by atoms with Gasteiger partial charge in [0.15, 0.2) is 0 Å². The molecule has 1 rings (SSSR count). The number of carbonyl (C=O) groups excluding carboxylic acids is 1. The van der Waals surface area contributed by atoms with Crippen LogP contribution >= 0.6 is 0 Å². The third-order valence-electron chi connectivity index (χ3n) is 2.39. The lowest BCUT2D eigenvalue weighted by molar-refractivity contribution is -0.122. The van der Waals surface area contributed by atoms with Gasteiger partial charge in [-0.15, -0.1) is 6.58 Å². The van der Waals surface area contributed by atoms with Crippen LogP contribution in [0.5, 0.6) is 0 Å². The molecule has 0 aliphatic carbocycles. The van der Waals surface area contributed by atoms with Gasteiger partial charge in [-0.2, -0.15) is 0 Å². The molecule has 0 radical (unpaired) electrons. The Morgan fingerprint density at radius 1 is 1.39 bits per heavy atom. The Morgan fingerprint density at radius 3 is 2.56 bits per heavy atom. The molecule has 1 aromatic rings. The standard InChI is InChI=1S/C13H16F2N2O/c1-2-3-12(16)13(18)17-5-4-9-6-10(14)8-11(15)7-9/h2,6-8,12H,1,3-5,16H2,(H,17,18). The van der Waals surface area contributed by atoms with Gasteiger partial charge in [-0.05, 0) is 30.5 Å². The van der Waals surface area contributed by atoms with E-state index in [0.29, 0.717) is 18.4 Å². The van der Waals surface area contributed by atoms with E-state index < -0.39 is 17.7 Å². The molecule has 0 fully saturated rings. The molecule has 0 heterocycles. The Kier molecular flexibility index (Phi) is 5.45. The van der Waals surface area contributed by atoms with Gasteiger partial charge < -0.3 is 11.1 Å². The van der Waals surface area contributed by atoms with E-state index in [9.17, 15) is 13.6 Å². The Morgan fingerprint density at radius 2 is 2.00 bits per heavy atom. The number of amides is 1. The summed E-state index contributed by atoms with van der Waals surface area (Å²) in [4.78, 5) is 11.4. The number of halogens is 2.